The van der Waals surface area contributed by atoms with E-state index in [4.69, 9.17) is 0 Å². The maximum atomic E-state index is 4.61. The van der Waals surface area contributed by atoms with Crippen LogP contribution in [0.5, 0.6) is 0 Å². The Morgan fingerprint density at radius 2 is 1.82 bits per heavy atom. The second kappa shape index (κ2) is 4.10. The summed E-state index contributed by atoms with van der Waals surface area (Å²) in [5, 5.41) is 1.19. The molecule has 0 N–H and O–H groups in total. The number of nitrogens with zero attached hydrogens (tertiary/aromatic N) is 2. The van der Waals surface area contributed by atoms with Crippen molar-refractivity contribution in [3.63, 3.8) is 0 Å². The van der Waals surface area contributed by atoms with Gasteiger partial charge in [0.1, 0.15) is 0 Å². The molecule has 17 heavy (non-hydrogen) atoms. The van der Waals surface area contributed by atoms with Crippen molar-refractivity contribution >= 4 is 10.9 Å². The molecule has 0 aliphatic carbocycles. The molecule has 2 heterocycles. The molecule has 0 saturated carbocycles. The molecule has 2 nitrogen and oxygen atoms in total. The van der Waals surface area contributed by atoms with Gasteiger partial charge in [-0.1, -0.05) is 34.6 Å². The Balaban J connectivity index is 2.67. The molecule has 0 unspecified atom stereocenters. The van der Waals surface area contributed by atoms with Crippen LogP contribution in [0.3, 0.4) is 0 Å². The van der Waals surface area contributed by atoms with Crippen LogP contribution in [0.4, 0.5) is 0 Å². The van der Waals surface area contributed by atoms with Gasteiger partial charge in [-0.05, 0) is 23.6 Å². The number of aromatic nitrogens is 2. The van der Waals surface area contributed by atoms with Gasteiger partial charge in [0.05, 0.1) is 11.2 Å². The van der Waals surface area contributed by atoms with Crippen LogP contribution in [-0.4, -0.2) is 9.97 Å². The van der Waals surface area contributed by atoms with E-state index in [0.29, 0.717) is 5.92 Å². The number of fused-ring (bicyclic) bond motifs is 1. The summed E-state index contributed by atoms with van der Waals surface area (Å²) in [6, 6.07) is 4.27. The molecule has 2 rings (SSSR count). The van der Waals surface area contributed by atoms with E-state index in [1.807, 2.05) is 18.5 Å². The lowest BCUT2D eigenvalue weighted by atomic mass is 9.89. The third kappa shape index (κ3) is 2.31. The van der Waals surface area contributed by atoms with Crippen molar-refractivity contribution in [3.05, 3.63) is 35.8 Å². The first-order valence-electron chi connectivity index (χ1n) is 6.15. The van der Waals surface area contributed by atoms with Gasteiger partial charge in [-0.3, -0.25) is 9.97 Å². The molecular weight excluding hydrogens is 208 g/mol. The highest BCUT2D eigenvalue weighted by atomic mass is 14.8. The summed E-state index contributed by atoms with van der Waals surface area (Å²) in [5.41, 5.74) is 3.42. The predicted molar refractivity (Wildman–Crippen MR) is 72.3 cm³/mol. The summed E-state index contributed by atoms with van der Waals surface area (Å²) in [5.74, 6) is 0.512. The minimum Gasteiger partial charge on any atom is -0.258 e. The fourth-order valence-corrected chi connectivity index (χ4v) is 1.94. The fourth-order valence-electron chi connectivity index (χ4n) is 1.94. The molecule has 0 aliphatic rings. The molecule has 2 aromatic rings. The van der Waals surface area contributed by atoms with Crippen LogP contribution in [0.25, 0.3) is 10.9 Å². The second-order valence-corrected chi connectivity index (χ2v) is 5.90. The van der Waals surface area contributed by atoms with Gasteiger partial charge in [0.25, 0.3) is 0 Å². The van der Waals surface area contributed by atoms with Crippen LogP contribution in [0.2, 0.25) is 0 Å². The molecule has 0 fully saturated rings. The van der Waals surface area contributed by atoms with Crippen molar-refractivity contribution in [2.24, 2.45) is 0 Å². The van der Waals surface area contributed by atoms with Crippen molar-refractivity contribution in [1.29, 1.82) is 0 Å². The van der Waals surface area contributed by atoms with Crippen molar-refractivity contribution in [3.8, 4) is 0 Å². The highest BCUT2D eigenvalue weighted by Gasteiger charge is 2.19. The smallest absolute Gasteiger partial charge is 0.0922 e. The zero-order valence-electron chi connectivity index (χ0n) is 11.3. The van der Waals surface area contributed by atoms with E-state index in [0.717, 1.165) is 11.2 Å². The highest BCUT2D eigenvalue weighted by Crippen LogP contribution is 2.27. The summed E-state index contributed by atoms with van der Waals surface area (Å²) in [6.45, 7) is 10.9. The second-order valence-electron chi connectivity index (χ2n) is 5.90. The summed E-state index contributed by atoms with van der Waals surface area (Å²) in [6.07, 6.45) is 3.86. The zero-order chi connectivity index (χ0) is 12.6. The Hall–Kier alpha value is -1.44. The van der Waals surface area contributed by atoms with Crippen LogP contribution < -0.4 is 0 Å². The first-order chi connectivity index (χ1) is 7.89. The van der Waals surface area contributed by atoms with Crippen LogP contribution >= 0.6 is 0 Å². The number of pyridine rings is 2. The van der Waals surface area contributed by atoms with E-state index >= 15 is 0 Å². The highest BCUT2D eigenvalue weighted by molar-refractivity contribution is 5.81. The lowest BCUT2D eigenvalue weighted by molar-refractivity contribution is 0.574. The summed E-state index contributed by atoms with van der Waals surface area (Å²) < 4.78 is 0. The van der Waals surface area contributed by atoms with E-state index < -0.39 is 0 Å². The number of rotatable bonds is 1. The molecule has 0 radical (unpaired) electrons. The lowest BCUT2D eigenvalue weighted by Crippen LogP contribution is -2.14. The summed E-state index contributed by atoms with van der Waals surface area (Å²) >= 11 is 0. The van der Waals surface area contributed by atoms with Gasteiger partial charge < -0.3 is 0 Å². The molecule has 0 aliphatic heterocycles. The van der Waals surface area contributed by atoms with Crippen LogP contribution in [0.1, 0.15) is 51.8 Å². The molecular formula is C15H20N2. The summed E-state index contributed by atoms with van der Waals surface area (Å²) in [7, 11) is 0. The topological polar surface area (TPSA) is 25.8 Å². The average molecular weight is 228 g/mol. The van der Waals surface area contributed by atoms with Crippen LogP contribution in [0.15, 0.2) is 24.5 Å². The van der Waals surface area contributed by atoms with Crippen LogP contribution in [-0.2, 0) is 5.41 Å². The van der Waals surface area contributed by atoms with Crippen molar-refractivity contribution in [2.75, 3.05) is 0 Å². The Kier molecular flexibility index (Phi) is 2.90. The van der Waals surface area contributed by atoms with E-state index in [2.05, 4.69) is 50.7 Å². The quantitative estimate of drug-likeness (QED) is 0.736. The van der Waals surface area contributed by atoms with Crippen molar-refractivity contribution in [2.45, 2.75) is 46.0 Å². The lowest BCUT2D eigenvalue weighted by Gasteiger charge is -2.19. The maximum absolute atomic E-state index is 4.61. The monoisotopic (exact) mass is 228 g/mol. The summed E-state index contributed by atoms with van der Waals surface area (Å²) in [4.78, 5) is 9.10. The van der Waals surface area contributed by atoms with Gasteiger partial charge in [0.2, 0.25) is 0 Å². The van der Waals surface area contributed by atoms with Gasteiger partial charge in [-0.25, -0.2) is 0 Å². The Morgan fingerprint density at radius 1 is 1.12 bits per heavy atom. The Morgan fingerprint density at radius 3 is 2.41 bits per heavy atom. The zero-order valence-corrected chi connectivity index (χ0v) is 11.3. The van der Waals surface area contributed by atoms with Gasteiger partial charge in [0.15, 0.2) is 0 Å². The molecule has 0 saturated heterocycles. The van der Waals surface area contributed by atoms with Gasteiger partial charge >= 0.3 is 0 Å². The number of hydrogen-bond acceptors (Lipinski definition) is 2. The minimum atomic E-state index is 0.0336. The largest absolute Gasteiger partial charge is 0.258 e. The molecule has 0 aromatic carbocycles. The Bertz CT molecular complexity index is 536. The maximum Gasteiger partial charge on any atom is 0.0922 e. The molecule has 0 spiro atoms. The van der Waals surface area contributed by atoms with Gasteiger partial charge in [0, 0.05) is 23.2 Å². The third-order valence-corrected chi connectivity index (χ3v) is 3.00. The molecule has 2 heteroatoms. The fraction of sp³-hybridized carbons (Fsp3) is 0.467. The van der Waals surface area contributed by atoms with Gasteiger partial charge in [-0.15, -0.1) is 0 Å². The first-order valence-corrected chi connectivity index (χ1v) is 6.15. The Labute approximate surface area is 103 Å². The average Bonchev–Trinajstić information content (AvgIpc) is 2.26. The van der Waals surface area contributed by atoms with Gasteiger partial charge in [-0.2, -0.15) is 0 Å². The predicted octanol–water partition coefficient (Wildman–Crippen LogP) is 4.05. The van der Waals surface area contributed by atoms with Crippen LogP contribution in [0, 0.1) is 0 Å². The molecule has 0 atom stereocenters. The standard InChI is InChI=1S/C15H20N2/c1-10(2)12-8-11-6-7-16-14(15(3,4)5)13(11)17-9-12/h6-10H,1-5H3. The third-order valence-electron chi connectivity index (χ3n) is 3.00. The van der Waals surface area contributed by atoms with E-state index in [-0.39, 0.29) is 5.41 Å². The molecule has 2 aromatic heterocycles. The van der Waals surface area contributed by atoms with Crippen molar-refractivity contribution < 1.29 is 0 Å². The minimum absolute atomic E-state index is 0.0336. The van der Waals surface area contributed by atoms with E-state index in [9.17, 15) is 0 Å². The molecule has 0 bridgehead atoms. The van der Waals surface area contributed by atoms with Crippen molar-refractivity contribution in [1.82, 2.24) is 9.97 Å². The van der Waals surface area contributed by atoms with E-state index in [1.165, 1.54) is 10.9 Å². The van der Waals surface area contributed by atoms with E-state index in [1.54, 1.807) is 0 Å². The number of hydrogen-bond donors (Lipinski definition) is 0. The first kappa shape index (κ1) is 12.0. The molecule has 90 valence electrons. The SMILES string of the molecule is CC(C)c1cnc2c(C(C)(C)C)nccc2c1. The molecule has 0 amide bonds. The normalized spacial score (nSPS) is 12.4.